The number of aliphatic hydroxyl groups excluding tert-OH is 2. The number of amides is 1. The summed E-state index contributed by atoms with van der Waals surface area (Å²) in [6, 6.07) is -1.05. The van der Waals surface area contributed by atoms with Gasteiger partial charge in [-0.15, -0.1) is 0 Å². The number of phosphoric ester groups is 1. The molecule has 0 aliphatic heterocycles. The number of rotatable bonds is 54. The summed E-state index contributed by atoms with van der Waals surface area (Å²) in [5.41, 5.74) is 0. The monoisotopic (exact) mass is 996 g/mol. The largest absolute Gasteiger partial charge is 0.472 e. The van der Waals surface area contributed by atoms with Crippen LogP contribution in [0.3, 0.4) is 0 Å². The van der Waals surface area contributed by atoms with Crippen molar-refractivity contribution in [3.8, 4) is 0 Å². The molecule has 0 fully saturated rings. The van der Waals surface area contributed by atoms with Crippen LogP contribution in [-0.2, 0) is 18.4 Å². The molecular formula is C59H116N2O7P+. The van der Waals surface area contributed by atoms with Gasteiger partial charge in [-0.2, -0.15) is 0 Å². The Hall–Kier alpha value is -1.32. The van der Waals surface area contributed by atoms with Gasteiger partial charge in [0, 0.05) is 6.42 Å². The van der Waals surface area contributed by atoms with Gasteiger partial charge in [-0.1, -0.05) is 237 Å². The van der Waals surface area contributed by atoms with E-state index in [-0.39, 0.29) is 18.9 Å². The highest BCUT2D eigenvalue weighted by Crippen LogP contribution is 2.43. The van der Waals surface area contributed by atoms with Gasteiger partial charge in [0.1, 0.15) is 19.3 Å². The molecule has 0 rings (SSSR count). The predicted octanol–water partition coefficient (Wildman–Crippen LogP) is 16.7. The second-order valence-corrected chi connectivity index (χ2v) is 23.0. The number of quaternary nitrogens is 1. The van der Waals surface area contributed by atoms with Gasteiger partial charge in [-0.25, -0.2) is 4.57 Å². The molecule has 0 heterocycles. The van der Waals surface area contributed by atoms with Crippen LogP contribution in [0.1, 0.15) is 277 Å². The maximum absolute atomic E-state index is 13.0. The molecule has 4 N–H and O–H groups in total. The lowest BCUT2D eigenvalue weighted by Gasteiger charge is -2.28. The summed E-state index contributed by atoms with van der Waals surface area (Å²) < 4.78 is 23.6. The molecule has 0 bridgehead atoms. The van der Waals surface area contributed by atoms with Crippen LogP contribution >= 0.6 is 7.82 Å². The first-order chi connectivity index (χ1) is 33.4. The average molecular weight is 997 g/mol. The summed E-state index contributed by atoms with van der Waals surface area (Å²) in [5, 5.41) is 24.8. The molecule has 0 aromatic carbocycles. The number of likely N-dealkylation sites (N-methyl/N-ethyl adjacent to an activating group) is 1. The van der Waals surface area contributed by atoms with Gasteiger partial charge in [0.15, 0.2) is 0 Å². The van der Waals surface area contributed by atoms with E-state index in [1.807, 2.05) is 21.1 Å². The third-order valence-corrected chi connectivity index (χ3v) is 14.4. The van der Waals surface area contributed by atoms with Crippen LogP contribution in [0.4, 0.5) is 0 Å². The highest BCUT2D eigenvalue weighted by Gasteiger charge is 2.31. The lowest BCUT2D eigenvalue weighted by atomic mass is 10.0. The number of aliphatic hydroxyl groups is 2. The average Bonchev–Trinajstić information content (AvgIpc) is 3.31. The van der Waals surface area contributed by atoms with Crippen LogP contribution < -0.4 is 5.32 Å². The van der Waals surface area contributed by atoms with Gasteiger partial charge < -0.3 is 24.9 Å². The molecule has 10 heteroatoms. The third kappa shape index (κ3) is 51.4. The minimum absolute atomic E-state index is 0.0178. The molecule has 0 radical (unpaired) electrons. The van der Waals surface area contributed by atoms with E-state index in [9.17, 15) is 24.5 Å². The molecule has 0 saturated heterocycles. The fourth-order valence-electron chi connectivity index (χ4n) is 8.76. The quantitative estimate of drug-likeness (QED) is 0.0207. The molecule has 0 aliphatic rings. The fourth-order valence-corrected chi connectivity index (χ4v) is 9.50. The second-order valence-electron chi connectivity index (χ2n) is 21.5. The van der Waals surface area contributed by atoms with Gasteiger partial charge in [0.2, 0.25) is 5.91 Å². The molecular weight excluding hydrogens is 880 g/mol. The number of nitrogens with zero attached hydrogens (tertiary/aromatic N) is 1. The van der Waals surface area contributed by atoms with E-state index in [4.69, 9.17) is 9.05 Å². The lowest BCUT2D eigenvalue weighted by molar-refractivity contribution is -0.870. The van der Waals surface area contributed by atoms with Crippen molar-refractivity contribution in [3.63, 3.8) is 0 Å². The van der Waals surface area contributed by atoms with Crippen LogP contribution in [0, 0.1) is 0 Å². The number of unbranched alkanes of at least 4 members (excludes halogenated alkanes) is 34. The zero-order valence-electron chi connectivity index (χ0n) is 46.2. The summed E-state index contributed by atoms with van der Waals surface area (Å²) in [6.07, 6.45) is 61.1. The topological polar surface area (TPSA) is 125 Å². The summed E-state index contributed by atoms with van der Waals surface area (Å²) in [7, 11) is 1.43. The Balaban J connectivity index is 4.06. The van der Waals surface area contributed by atoms with Crippen LogP contribution in [0.2, 0.25) is 0 Å². The van der Waals surface area contributed by atoms with E-state index in [0.717, 1.165) is 38.5 Å². The first kappa shape index (κ1) is 67.7. The molecule has 4 unspecified atom stereocenters. The summed E-state index contributed by atoms with van der Waals surface area (Å²) >= 11 is 0. The highest BCUT2D eigenvalue weighted by molar-refractivity contribution is 7.47. The fraction of sp³-hybridized carbons (Fsp3) is 0.881. The van der Waals surface area contributed by atoms with Gasteiger partial charge >= 0.3 is 7.82 Å². The highest BCUT2D eigenvalue weighted by atomic mass is 31.2. The SMILES string of the molecule is CCCCCCC/C=C\C/C=C\CCCCCCCCCCCCCCCCCCCCCCCC(=O)NC(COP(=O)(O)OCC[N+](C)(C)C)C(O)C(O)CCC/C=C/CCCCCCCCC. The van der Waals surface area contributed by atoms with Crippen LogP contribution in [-0.4, -0.2) is 84.6 Å². The summed E-state index contributed by atoms with van der Waals surface area (Å²) in [6.45, 7) is 4.59. The number of carbonyl (C=O) groups excluding carboxylic acids is 1. The summed E-state index contributed by atoms with van der Waals surface area (Å²) in [4.78, 5) is 23.3. The molecule has 0 aliphatic carbocycles. The Morgan fingerprint density at radius 3 is 1.25 bits per heavy atom. The Morgan fingerprint density at radius 1 is 0.507 bits per heavy atom. The summed E-state index contributed by atoms with van der Waals surface area (Å²) in [5.74, 6) is -0.264. The molecule has 0 saturated carbocycles. The first-order valence-corrected chi connectivity index (χ1v) is 30.9. The molecule has 4 atom stereocenters. The standard InChI is InChI=1S/C59H115N2O7P/c1-6-8-10-12-14-16-18-20-21-22-23-24-25-26-27-28-29-30-31-32-33-34-35-36-37-38-39-40-42-44-46-48-50-52-58(63)60-56(55-68-69(65,66)67-54-53-61(3,4)5)59(64)57(62)51-49-47-45-43-41-19-17-15-13-11-9-7-2/h18,20,22-23,43,45,56-57,59,62,64H,6-17,19,21,24-42,44,46-55H2,1-5H3,(H-,60,63,65,66)/p+1/b20-18-,23-22-,45-43+. The van der Waals surface area contributed by atoms with Crippen molar-refractivity contribution >= 4 is 13.7 Å². The number of phosphoric acid groups is 1. The van der Waals surface area contributed by atoms with E-state index in [2.05, 4.69) is 55.6 Å². The van der Waals surface area contributed by atoms with E-state index < -0.39 is 32.7 Å². The molecule has 0 aromatic heterocycles. The Kier molecular flexibility index (Phi) is 49.3. The molecule has 408 valence electrons. The molecule has 0 spiro atoms. The number of hydrogen-bond acceptors (Lipinski definition) is 6. The Morgan fingerprint density at radius 2 is 0.855 bits per heavy atom. The Labute approximate surface area is 428 Å². The number of carbonyl (C=O) groups is 1. The molecule has 1 amide bonds. The number of hydrogen-bond donors (Lipinski definition) is 4. The van der Waals surface area contributed by atoms with Crippen molar-refractivity contribution in [2.45, 2.75) is 295 Å². The van der Waals surface area contributed by atoms with Crippen LogP contribution in [0.5, 0.6) is 0 Å². The number of nitrogens with one attached hydrogen (secondary N) is 1. The van der Waals surface area contributed by atoms with Gasteiger partial charge in [0.05, 0.1) is 39.9 Å². The smallest absolute Gasteiger partial charge is 0.390 e. The van der Waals surface area contributed by atoms with E-state index in [0.29, 0.717) is 23.9 Å². The first-order valence-electron chi connectivity index (χ1n) is 29.4. The van der Waals surface area contributed by atoms with Crippen molar-refractivity contribution in [2.75, 3.05) is 40.9 Å². The molecule has 69 heavy (non-hydrogen) atoms. The third-order valence-electron chi connectivity index (χ3n) is 13.5. The zero-order chi connectivity index (χ0) is 50.8. The normalized spacial score (nSPS) is 14.6. The zero-order valence-corrected chi connectivity index (χ0v) is 47.1. The lowest BCUT2D eigenvalue weighted by Crippen LogP contribution is -2.51. The minimum Gasteiger partial charge on any atom is -0.390 e. The van der Waals surface area contributed by atoms with E-state index in [1.54, 1.807) is 0 Å². The van der Waals surface area contributed by atoms with E-state index in [1.165, 1.54) is 205 Å². The van der Waals surface area contributed by atoms with Gasteiger partial charge in [0.25, 0.3) is 0 Å². The van der Waals surface area contributed by atoms with Crippen molar-refractivity contribution in [1.82, 2.24) is 5.32 Å². The predicted molar refractivity (Wildman–Crippen MR) is 297 cm³/mol. The molecule has 0 aromatic rings. The number of allylic oxidation sites excluding steroid dienone is 6. The maximum Gasteiger partial charge on any atom is 0.472 e. The van der Waals surface area contributed by atoms with Crippen LogP contribution in [0.15, 0.2) is 36.5 Å². The Bertz CT molecular complexity index is 1240. The molecule has 9 nitrogen and oxygen atoms in total. The maximum atomic E-state index is 13.0. The van der Waals surface area contributed by atoms with Crippen molar-refractivity contribution in [2.24, 2.45) is 0 Å². The van der Waals surface area contributed by atoms with Crippen LogP contribution in [0.25, 0.3) is 0 Å². The van der Waals surface area contributed by atoms with Crippen molar-refractivity contribution in [1.29, 1.82) is 0 Å². The van der Waals surface area contributed by atoms with Gasteiger partial charge in [-0.3, -0.25) is 13.8 Å². The van der Waals surface area contributed by atoms with Crippen molar-refractivity contribution < 1.29 is 38.0 Å². The van der Waals surface area contributed by atoms with Gasteiger partial charge in [-0.05, 0) is 70.6 Å². The minimum atomic E-state index is -4.43. The second kappa shape index (κ2) is 50.2. The van der Waals surface area contributed by atoms with Crippen molar-refractivity contribution in [3.05, 3.63) is 36.5 Å². The van der Waals surface area contributed by atoms with E-state index >= 15 is 0 Å².